The van der Waals surface area contributed by atoms with Crippen molar-refractivity contribution in [2.75, 3.05) is 5.32 Å². The number of ketones is 1. The molecule has 1 aliphatic carbocycles. The number of rotatable bonds is 5. The highest BCUT2D eigenvalue weighted by molar-refractivity contribution is 5.90. The van der Waals surface area contributed by atoms with Crippen LogP contribution in [0, 0.1) is 12.8 Å². The molecule has 23 heavy (non-hydrogen) atoms. The minimum absolute atomic E-state index is 0.201. The van der Waals surface area contributed by atoms with E-state index < -0.39 is 0 Å². The maximum atomic E-state index is 13.1. The normalized spacial score (nSPS) is 16.7. The molecule has 1 unspecified atom stereocenters. The van der Waals surface area contributed by atoms with Gasteiger partial charge in [0.2, 0.25) is 0 Å². The van der Waals surface area contributed by atoms with E-state index in [0.717, 1.165) is 24.1 Å². The summed E-state index contributed by atoms with van der Waals surface area (Å²) in [5, 5.41) is 3.47. The van der Waals surface area contributed by atoms with Crippen LogP contribution in [0.3, 0.4) is 0 Å². The highest BCUT2D eigenvalue weighted by atomic mass is 16.1. The summed E-state index contributed by atoms with van der Waals surface area (Å²) in [6, 6.07) is 18.1. The van der Waals surface area contributed by atoms with Gasteiger partial charge >= 0.3 is 0 Å². The molecule has 0 radical (unpaired) electrons. The van der Waals surface area contributed by atoms with Crippen molar-refractivity contribution in [2.24, 2.45) is 5.92 Å². The van der Waals surface area contributed by atoms with Crippen LogP contribution < -0.4 is 5.32 Å². The Bertz CT molecular complexity index is 627. The van der Waals surface area contributed by atoms with E-state index in [1.807, 2.05) is 30.3 Å². The molecule has 3 rings (SSSR count). The highest BCUT2D eigenvalue weighted by Gasteiger charge is 2.29. The maximum Gasteiger partial charge on any atom is 0.162 e. The van der Waals surface area contributed by atoms with Crippen LogP contribution in [0.15, 0.2) is 54.6 Å². The topological polar surface area (TPSA) is 29.1 Å². The second kappa shape index (κ2) is 7.45. The molecule has 1 fully saturated rings. The number of hydrogen-bond donors (Lipinski definition) is 1. The molecule has 2 heteroatoms. The number of anilines is 1. The Kier molecular flexibility index (Phi) is 5.12. The van der Waals surface area contributed by atoms with Gasteiger partial charge in [0.1, 0.15) is 6.04 Å². The number of carbonyl (C=O) groups excluding carboxylic acids is 1. The maximum absolute atomic E-state index is 13.1. The summed E-state index contributed by atoms with van der Waals surface area (Å²) in [5.74, 6) is 0.545. The summed E-state index contributed by atoms with van der Waals surface area (Å²) >= 11 is 0. The van der Waals surface area contributed by atoms with E-state index in [1.165, 1.54) is 24.8 Å². The molecule has 2 nitrogen and oxygen atoms in total. The second-order valence-corrected chi connectivity index (χ2v) is 6.59. The highest BCUT2D eigenvalue weighted by Crippen LogP contribution is 2.31. The van der Waals surface area contributed by atoms with Crippen molar-refractivity contribution in [3.63, 3.8) is 0 Å². The van der Waals surface area contributed by atoms with Crippen LogP contribution in [-0.2, 0) is 4.79 Å². The van der Waals surface area contributed by atoms with Gasteiger partial charge in [0, 0.05) is 11.6 Å². The molecule has 0 bridgehead atoms. The molecule has 0 amide bonds. The van der Waals surface area contributed by atoms with Gasteiger partial charge in [-0.2, -0.15) is 0 Å². The SMILES string of the molecule is Cc1ccc(NC(C(=O)C2CCCCC2)c2ccccc2)cc1. The van der Waals surface area contributed by atoms with Gasteiger partial charge in [-0.15, -0.1) is 0 Å². The molecule has 2 aromatic carbocycles. The molecule has 0 spiro atoms. The van der Waals surface area contributed by atoms with Gasteiger partial charge in [-0.1, -0.05) is 67.3 Å². The van der Waals surface area contributed by atoms with Gasteiger partial charge < -0.3 is 5.32 Å². The minimum atomic E-state index is -0.248. The summed E-state index contributed by atoms with van der Waals surface area (Å²) in [7, 11) is 0. The van der Waals surface area contributed by atoms with Gasteiger partial charge in [0.25, 0.3) is 0 Å². The summed E-state index contributed by atoms with van der Waals surface area (Å²) in [6.07, 6.45) is 5.71. The van der Waals surface area contributed by atoms with Crippen LogP contribution in [0.4, 0.5) is 5.69 Å². The zero-order chi connectivity index (χ0) is 16.1. The first kappa shape index (κ1) is 15.8. The van der Waals surface area contributed by atoms with E-state index in [-0.39, 0.29) is 12.0 Å². The summed E-state index contributed by atoms with van der Waals surface area (Å²) in [6.45, 7) is 2.08. The molecule has 2 aromatic rings. The van der Waals surface area contributed by atoms with E-state index in [0.29, 0.717) is 5.78 Å². The number of carbonyl (C=O) groups is 1. The van der Waals surface area contributed by atoms with E-state index >= 15 is 0 Å². The van der Waals surface area contributed by atoms with Gasteiger partial charge in [0.15, 0.2) is 5.78 Å². The fraction of sp³-hybridized carbons (Fsp3) is 0.381. The van der Waals surface area contributed by atoms with Crippen LogP contribution in [0.1, 0.15) is 49.3 Å². The first-order chi connectivity index (χ1) is 11.2. The van der Waals surface area contributed by atoms with Crippen molar-refractivity contribution < 1.29 is 4.79 Å². The summed E-state index contributed by atoms with van der Waals surface area (Å²) < 4.78 is 0. The fourth-order valence-corrected chi connectivity index (χ4v) is 3.40. The molecular weight excluding hydrogens is 282 g/mol. The van der Waals surface area contributed by atoms with Gasteiger partial charge in [-0.25, -0.2) is 0 Å². The minimum Gasteiger partial charge on any atom is -0.372 e. The molecule has 1 N–H and O–H groups in total. The van der Waals surface area contributed by atoms with E-state index in [4.69, 9.17) is 0 Å². The van der Waals surface area contributed by atoms with Gasteiger partial charge in [0.05, 0.1) is 0 Å². The molecule has 0 aliphatic heterocycles. The van der Waals surface area contributed by atoms with Gasteiger partial charge in [-0.3, -0.25) is 4.79 Å². The predicted molar refractivity (Wildman–Crippen MR) is 95.6 cm³/mol. The lowest BCUT2D eigenvalue weighted by Gasteiger charge is -2.27. The lowest BCUT2D eigenvalue weighted by Crippen LogP contribution is -2.29. The third-order valence-electron chi connectivity index (χ3n) is 4.79. The van der Waals surface area contributed by atoms with Crippen LogP contribution in [0.2, 0.25) is 0 Å². The zero-order valence-electron chi connectivity index (χ0n) is 13.8. The van der Waals surface area contributed by atoms with Crippen molar-refractivity contribution in [2.45, 2.75) is 45.1 Å². The first-order valence-electron chi connectivity index (χ1n) is 8.66. The predicted octanol–water partition coefficient (Wildman–Crippen LogP) is 5.30. The van der Waals surface area contributed by atoms with Crippen LogP contribution in [-0.4, -0.2) is 5.78 Å². The molecule has 0 heterocycles. The molecule has 1 aliphatic rings. The number of aryl methyl sites for hydroxylation is 1. The third kappa shape index (κ3) is 4.01. The van der Waals surface area contributed by atoms with Crippen LogP contribution >= 0.6 is 0 Å². The monoisotopic (exact) mass is 307 g/mol. The fourth-order valence-electron chi connectivity index (χ4n) is 3.40. The standard InChI is InChI=1S/C21H25NO/c1-16-12-14-19(15-13-16)22-20(17-8-4-2-5-9-17)21(23)18-10-6-3-7-11-18/h2,4-5,8-9,12-15,18,20,22H,3,6-7,10-11H2,1H3. The van der Waals surface area contributed by atoms with Crippen LogP contribution in [0.25, 0.3) is 0 Å². The smallest absolute Gasteiger partial charge is 0.162 e. The van der Waals surface area contributed by atoms with E-state index in [1.54, 1.807) is 0 Å². The molecule has 1 atom stereocenters. The Morgan fingerprint density at radius 3 is 2.26 bits per heavy atom. The largest absolute Gasteiger partial charge is 0.372 e. The molecule has 120 valence electrons. The average Bonchev–Trinajstić information content (AvgIpc) is 2.62. The first-order valence-corrected chi connectivity index (χ1v) is 8.66. The number of Topliss-reactive ketones (excluding diaryl/α,β-unsaturated/α-hetero) is 1. The number of nitrogens with one attached hydrogen (secondary N) is 1. The Balaban J connectivity index is 1.84. The van der Waals surface area contributed by atoms with Gasteiger partial charge in [-0.05, 0) is 37.5 Å². The average molecular weight is 307 g/mol. The third-order valence-corrected chi connectivity index (χ3v) is 4.79. The van der Waals surface area contributed by atoms with Crippen molar-refractivity contribution in [1.29, 1.82) is 0 Å². The number of benzene rings is 2. The number of hydrogen-bond acceptors (Lipinski definition) is 2. The van der Waals surface area contributed by atoms with E-state index in [2.05, 4.69) is 36.5 Å². The quantitative estimate of drug-likeness (QED) is 0.812. The summed E-state index contributed by atoms with van der Waals surface area (Å²) in [4.78, 5) is 13.1. The van der Waals surface area contributed by atoms with Crippen molar-refractivity contribution in [3.8, 4) is 0 Å². The summed E-state index contributed by atoms with van der Waals surface area (Å²) in [5.41, 5.74) is 3.29. The Hall–Kier alpha value is -2.09. The Morgan fingerprint density at radius 2 is 1.61 bits per heavy atom. The molecule has 0 saturated heterocycles. The van der Waals surface area contributed by atoms with Crippen molar-refractivity contribution >= 4 is 11.5 Å². The molecular formula is C21H25NO. The van der Waals surface area contributed by atoms with E-state index in [9.17, 15) is 4.79 Å². The molecule has 1 saturated carbocycles. The lowest BCUT2D eigenvalue weighted by molar-refractivity contribution is -0.124. The Morgan fingerprint density at radius 1 is 0.957 bits per heavy atom. The Labute approximate surface area is 138 Å². The van der Waals surface area contributed by atoms with Crippen LogP contribution in [0.5, 0.6) is 0 Å². The van der Waals surface area contributed by atoms with Crippen molar-refractivity contribution in [1.82, 2.24) is 0 Å². The molecule has 0 aromatic heterocycles. The lowest BCUT2D eigenvalue weighted by atomic mass is 9.82. The van der Waals surface area contributed by atoms with Crippen molar-refractivity contribution in [3.05, 3.63) is 65.7 Å². The second-order valence-electron chi connectivity index (χ2n) is 6.59. The zero-order valence-corrected chi connectivity index (χ0v) is 13.8.